The van der Waals surface area contributed by atoms with Gasteiger partial charge in [0.05, 0.1) is 0 Å². The third-order valence-electron chi connectivity index (χ3n) is 3.61. The van der Waals surface area contributed by atoms with Crippen molar-refractivity contribution in [2.45, 2.75) is 33.2 Å². The van der Waals surface area contributed by atoms with Gasteiger partial charge < -0.3 is 5.32 Å². The van der Waals surface area contributed by atoms with Crippen LogP contribution in [0.2, 0.25) is 0 Å². The molecular formula is C12H24N2. The maximum atomic E-state index is 3.55. The number of nitrogens with one attached hydrogen (secondary N) is 1. The molecule has 0 amide bonds. The highest BCUT2D eigenvalue weighted by Crippen LogP contribution is 2.35. The minimum atomic E-state index is 0.815. The summed E-state index contributed by atoms with van der Waals surface area (Å²) in [5, 5.41) is 3.55. The highest BCUT2D eigenvalue weighted by Gasteiger charge is 2.38. The molecule has 14 heavy (non-hydrogen) atoms. The van der Waals surface area contributed by atoms with E-state index < -0.39 is 0 Å². The highest BCUT2D eigenvalue weighted by molar-refractivity contribution is 4.93. The minimum Gasteiger partial charge on any atom is -0.316 e. The van der Waals surface area contributed by atoms with Crippen molar-refractivity contribution in [1.29, 1.82) is 0 Å². The second-order valence-corrected chi connectivity index (χ2v) is 5.60. The zero-order chi connectivity index (χ0) is 10.1. The van der Waals surface area contributed by atoms with Crippen molar-refractivity contribution >= 4 is 0 Å². The Morgan fingerprint density at radius 1 is 1.00 bits per heavy atom. The quantitative estimate of drug-likeness (QED) is 0.685. The van der Waals surface area contributed by atoms with Crippen molar-refractivity contribution in [1.82, 2.24) is 10.2 Å². The fourth-order valence-corrected chi connectivity index (χ4v) is 2.66. The molecule has 1 N–H and O–H groups in total. The molecule has 4 unspecified atom stereocenters. The first kappa shape index (κ1) is 10.4. The number of rotatable bonds is 1. The van der Waals surface area contributed by atoms with E-state index in [9.17, 15) is 0 Å². The molecule has 1 saturated heterocycles. The summed E-state index contributed by atoms with van der Waals surface area (Å²) in [6.07, 6.45) is 1.44. The summed E-state index contributed by atoms with van der Waals surface area (Å²) in [6, 6.07) is 0.915. The van der Waals surface area contributed by atoms with Crippen molar-refractivity contribution in [3.63, 3.8) is 0 Å². The first-order chi connectivity index (χ1) is 6.66. The minimum absolute atomic E-state index is 0.815. The predicted octanol–water partition coefficient (Wildman–Crippen LogP) is 1.57. The van der Waals surface area contributed by atoms with Crippen LogP contribution < -0.4 is 5.32 Å². The Balaban J connectivity index is 1.91. The molecular weight excluding hydrogens is 172 g/mol. The first-order valence-electron chi connectivity index (χ1n) is 6.11. The molecule has 1 saturated carbocycles. The highest BCUT2D eigenvalue weighted by atomic mass is 15.2. The van der Waals surface area contributed by atoms with Crippen LogP contribution in [0.4, 0.5) is 0 Å². The average molecular weight is 196 g/mol. The first-order valence-corrected chi connectivity index (χ1v) is 6.11. The molecule has 2 nitrogen and oxygen atoms in total. The van der Waals surface area contributed by atoms with E-state index in [0.29, 0.717) is 0 Å². The van der Waals surface area contributed by atoms with E-state index >= 15 is 0 Å². The molecule has 2 rings (SSSR count). The molecule has 1 aliphatic heterocycles. The monoisotopic (exact) mass is 196 g/mol. The molecule has 1 heterocycles. The van der Waals surface area contributed by atoms with Gasteiger partial charge in [-0.1, -0.05) is 20.8 Å². The molecule has 0 bridgehead atoms. The van der Waals surface area contributed by atoms with Crippen molar-refractivity contribution in [2.24, 2.45) is 17.8 Å². The maximum absolute atomic E-state index is 3.55. The van der Waals surface area contributed by atoms with Gasteiger partial charge in [0.25, 0.3) is 0 Å². The number of nitrogens with zero attached hydrogens (tertiary/aromatic N) is 1. The summed E-state index contributed by atoms with van der Waals surface area (Å²) in [6.45, 7) is 12.1. The number of hydrogen-bond acceptors (Lipinski definition) is 2. The fraction of sp³-hybridized carbons (Fsp3) is 1.00. The molecule has 2 heteroatoms. The predicted molar refractivity (Wildman–Crippen MR) is 60.3 cm³/mol. The van der Waals surface area contributed by atoms with Gasteiger partial charge in [0.15, 0.2) is 0 Å². The van der Waals surface area contributed by atoms with Crippen LogP contribution in [-0.2, 0) is 0 Å². The van der Waals surface area contributed by atoms with E-state index in [0.717, 1.165) is 23.8 Å². The van der Waals surface area contributed by atoms with Gasteiger partial charge in [0.1, 0.15) is 0 Å². The van der Waals surface area contributed by atoms with Crippen LogP contribution in [0.1, 0.15) is 27.2 Å². The fourth-order valence-electron chi connectivity index (χ4n) is 2.66. The van der Waals surface area contributed by atoms with Crippen LogP contribution in [-0.4, -0.2) is 37.1 Å². The average Bonchev–Trinajstić information content (AvgIpc) is 2.78. The normalized spacial score (nSPS) is 45.6. The van der Waals surface area contributed by atoms with Gasteiger partial charge in [0, 0.05) is 19.1 Å². The molecule has 0 spiro atoms. The van der Waals surface area contributed by atoms with E-state index in [2.05, 4.69) is 31.0 Å². The molecule has 2 aliphatic rings. The Labute approximate surface area is 88.1 Å². The van der Waals surface area contributed by atoms with Gasteiger partial charge >= 0.3 is 0 Å². The van der Waals surface area contributed by atoms with Crippen LogP contribution in [0, 0.1) is 17.8 Å². The van der Waals surface area contributed by atoms with Gasteiger partial charge in [-0.15, -0.1) is 0 Å². The Morgan fingerprint density at radius 2 is 1.50 bits per heavy atom. The van der Waals surface area contributed by atoms with Crippen LogP contribution in [0.15, 0.2) is 0 Å². The van der Waals surface area contributed by atoms with Crippen molar-refractivity contribution in [3.8, 4) is 0 Å². The van der Waals surface area contributed by atoms with E-state index in [1.165, 1.54) is 32.6 Å². The Kier molecular flexibility index (Phi) is 3.13. The topological polar surface area (TPSA) is 15.3 Å². The number of hydrogen-bond donors (Lipinski definition) is 1. The Hall–Kier alpha value is -0.0800. The van der Waals surface area contributed by atoms with Crippen LogP contribution in [0.25, 0.3) is 0 Å². The van der Waals surface area contributed by atoms with Gasteiger partial charge in [-0.2, -0.15) is 0 Å². The van der Waals surface area contributed by atoms with Gasteiger partial charge in [0.2, 0.25) is 0 Å². The summed E-state index contributed by atoms with van der Waals surface area (Å²) in [7, 11) is 0. The molecule has 1 aliphatic carbocycles. The lowest BCUT2D eigenvalue weighted by atomic mass is 10.1. The summed E-state index contributed by atoms with van der Waals surface area (Å²) in [4.78, 5) is 2.74. The van der Waals surface area contributed by atoms with Gasteiger partial charge in [-0.3, -0.25) is 4.90 Å². The molecule has 0 radical (unpaired) electrons. The SMILES string of the molecule is CC1CNCC(C)CN(C2CC2C)C1. The van der Waals surface area contributed by atoms with E-state index in [1.54, 1.807) is 0 Å². The molecule has 0 aromatic carbocycles. The van der Waals surface area contributed by atoms with Crippen LogP contribution >= 0.6 is 0 Å². The summed E-state index contributed by atoms with van der Waals surface area (Å²) < 4.78 is 0. The molecule has 2 fully saturated rings. The van der Waals surface area contributed by atoms with E-state index in [-0.39, 0.29) is 0 Å². The van der Waals surface area contributed by atoms with Crippen molar-refractivity contribution in [3.05, 3.63) is 0 Å². The lowest BCUT2D eigenvalue weighted by Crippen LogP contribution is -2.43. The van der Waals surface area contributed by atoms with Crippen LogP contribution in [0.3, 0.4) is 0 Å². The molecule has 0 aromatic rings. The van der Waals surface area contributed by atoms with Crippen LogP contribution in [0.5, 0.6) is 0 Å². The van der Waals surface area contributed by atoms with E-state index in [1.807, 2.05) is 0 Å². The van der Waals surface area contributed by atoms with Gasteiger partial charge in [-0.05, 0) is 37.3 Å². The smallest absolute Gasteiger partial charge is 0.0125 e. The lowest BCUT2D eigenvalue weighted by molar-refractivity contribution is 0.172. The Bertz CT molecular complexity index is 181. The third kappa shape index (κ3) is 2.48. The van der Waals surface area contributed by atoms with Gasteiger partial charge in [-0.25, -0.2) is 0 Å². The summed E-state index contributed by atoms with van der Waals surface area (Å²) >= 11 is 0. The standard InChI is InChI=1S/C12H24N2/c1-9-5-13-6-10(2)8-14(7-9)12-4-11(12)3/h9-13H,4-8H2,1-3H3. The van der Waals surface area contributed by atoms with E-state index in [4.69, 9.17) is 0 Å². The zero-order valence-electron chi connectivity index (χ0n) is 9.79. The lowest BCUT2D eigenvalue weighted by Gasteiger charge is -2.32. The zero-order valence-corrected chi connectivity index (χ0v) is 9.79. The van der Waals surface area contributed by atoms with Crippen molar-refractivity contribution < 1.29 is 0 Å². The molecule has 4 atom stereocenters. The maximum Gasteiger partial charge on any atom is 0.0125 e. The second-order valence-electron chi connectivity index (χ2n) is 5.60. The van der Waals surface area contributed by atoms with Crippen molar-refractivity contribution in [2.75, 3.05) is 26.2 Å². The largest absolute Gasteiger partial charge is 0.316 e. The summed E-state index contributed by atoms with van der Waals surface area (Å²) in [5.41, 5.74) is 0. The Morgan fingerprint density at radius 3 is 1.93 bits per heavy atom. The molecule has 0 aromatic heterocycles. The third-order valence-corrected chi connectivity index (χ3v) is 3.61. The summed E-state index contributed by atoms with van der Waals surface area (Å²) in [5.74, 6) is 2.59. The molecule has 82 valence electrons. The second kappa shape index (κ2) is 4.19.